The van der Waals surface area contributed by atoms with Gasteiger partial charge in [0.2, 0.25) is 0 Å². The van der Waals surface area contributed by atoms with Gasteiger partial charge < -0.3 is 15.4 Å². The number of hydrogen-bond acceptors (Lipinski definition) is 3. The smallest absolute Gasteiger partial charge is 0.410 e. The summed E-state index contributed by atoms with van der Waals surface area (Å²) >= 11 is 0. The molecule has 16 heavy (non-hydrogen) atoms. The summed E-state index contributed by atoms with van der Waals surface area (Å²) in [4.78, 5) is 13.8. The maximum atomic E-state index is 12.0. The van der Waals surface area contributed by atoms with E-state index in [0.717, 1.165) is 25.8 Å². The standard InChI is InChI=1S/C12H22N2O2/c1-12(2,3)16-11(15)14-7-6-8-4-5-9(13)10(8)14/h8-10H,4-7,13H2,1-3H3/t8-,9-,10+/m0/s1. The minimum Gasteiger partial charge on any atom is -0.444 e. The Kier molecular flexibility index (Phi) is 2.86. The molecule has 92 valence electrons. The SMILES string of the molecule is CC(C)(C)OC(=O)N1CC[C@@H]2CC[C@H](N)[C@@H]21. The highest BCUT2D eigenvalue weighted by Crippen LogP contribution is 2.37. The van der Waals surface area contributed by atoms with Gasteiger partial charge in [-0.25, -0.2) is 4.79 Å². The van der Waals surface area contributed by atoms with Crippen LogP contribution in [0.4, 0.5) is 4.79 Å². The van der Waals surface area contributed by atoms with Gasteiger partial charge in [-0.2, -0.15) is 0 Å². The number of carbonyl (C=O) groups is 1. The molecule has 0 bridgehead atoms. The average Bonchev–Trinajstić information content (AvgIpc) is 2.66. The molecule has 2 rings (SSSR count). The van der Waals surface area contributed by atoms with Gasteiger partial charge in [-0.15, -0.1) is 0 Å². The molecule has 3 atom stereocenters. The number of ether oxygens (including phenoxy) is 1. The number of carbonyl (C=O) groups excluding carboxylic acids is 1. The molecule has 1 heterocycles. The van der Waals surface area contributed by atoms with Crippen LogP contribution < -0.4 is 5.73 Å². The van der Waals surface area contributed by atoms with Gasteiger partial charge in [0.05, 0.1) is 6.04 Å². The topological polar surface area (TPSA) is 55.6 Å². The number of nitrogens with zero attached hydrogens (tertiary/aromatic N) is 1. The lowest BCUT2D eigenvalue weighted by Crippen LogP contribution is -2.47. The summed E-state index contributed by atoms with van der Waals surface area (Å²) in [5.41, 5.74) is 5.64. The Labute approximate surface area is 97.1 Å². The highest BCUT2D eigenvalue weighted by molar-refractivity contribution is 5.69. The van der Waals surface area contributed by atoms with Crippen LogP contribution in [-0.2, 0) is 4.74 Å². The van der Waals surface area contributed by atoms with Crippen molar-refractivity contribution in [2.75, 3.05) is 6.54 Å². The van der Waals surface area contributed by atoms with Crippen molar-refractivity contribution < 1.29 is 9.53 Å². The molecule has 0 radical (unpaired) electrons. The quantitative estimate of drug-likeness (QED) is 0.684. The van der Waals surface area contributed by atoms with E-state index >= 15 is 0 Å². The van der Waals surface area contributed by atoms with Crippen LogP contribution in [0.15, 0.2) is 0 Å². The predicted molar refractivity (Wildman–Crippen MR) is 62.0 cm³/mol. The van der Waals surface area contributed by atoms with Crippen molar-refractivity contribution in [3.8, 4) is 0 Å². The number of rotatable bonds is 0. The zero-order valence-electron chi connectivity index (χ0n) is 10.4. The Bertz CT molecular complexity index is 285. The number of nitrogens with two attached hydrogens (primary N) is 1. The zero-order chi connectivity index (χ0) is 11.9. The molecule has 1 aliphatic carbocycles. The van der Waals surface area contributed by atoms with Crippen molar-refractivity contribution in [3.63, 3.8) is 0 Å². The summed E-state index contributed by atoms with van der Waals surface area (Å²) in [6.07, 6.45) is 3.08. The Morgan fingerprint density at radius 3 is 2.62 bits per heavy atom. The molecule has 0 spiro atoms. The van der Waals surface area contributed by atoms with Crippen LogP contribution >= 0.6 is 0 Å². The van der Waals surface area contributed by atoms with Gasteiger partial charge in [-0.1, -0.05) is 0 Å². The van der Waals surface area contributed by atoms with E-state index in [1.807, 2.05) is 25.7 Å². The third-order valence-electron chi connectivity index (χ3n) is 3.52. The van der Waals surface area contributed by atoms with Gasteiger partial charge in [0.25, 0.3) is 0 Å². The molecule has 4 nitrogen and oxygen atoms in total. The molecular weight excluding hydrogens is 204 g/mol. The van der Waals surface area contributed by atoms with Crippen LogP contribution in [0, 0.1) is 5.92 Å². The number of likely N-dealkylation sites (tertiary alicyclic amines) is 1. The minimum atomic E-state index is -0.419. The Morgan fingerprint density at radius 2 is 2.00 bits per heavy atom. The lowest BCUT2D eigenvalue weighted by molar-refractivity contribution is 0.0206. The van der Waals surface area contributed by atoms with Gasteiger partial charge in [0.15, 0.2) is 0 Å². The summed E-state index contributed by atoms with van der Waals surface area (Å²) in [6, 6.07) is 0.356. The van der Waals surface area contributed by atoms with E-state index in [1.165, 1.54) is 0 Å². The summed E-state index contributed by atoms with van der Waals surface area (Å²) in [7, 11) is 0. The largest absolute Gasteiger partial charge is 0.444 e. The Balaban J connectivity index is 2.02. The summed E-state index contributed by atoms with van der Waals surface area (Å²) in [5, 5.41) is 0. The number of hydrogen-bond donors (Lipinski definition) is 1. The highest BCUT2D eigenvalue weighted by Gasteiger charge is 2.45. The second-order valence-corrected chi connectivity index (χ2v) is 5.95. The summed E-state index contributed by atoms with van der Waals surface area (Å²) in [5.74, 6) is 0.600. The maximum Gasteiger partial charge on any atom is 0.410 e. The van der Waals surface area contributed by atoms with E-state index in [4.69, 9.17) is 10.5 Å². The second kappa shape index (κ2) is 3.91. The molecule has 0 aromatic rings. The third kappa shape index (κ3) is 2.17. The first-order valence-electron chi connectivity index (χ1n) is 6.14. The molecule has 2 N–H and O–H groups in total. The van der Waals surface area contributed by atoms with Crippen LogP contribution in [-0.4, -0.2) is 35.2 Å². The maximum absolute atomic E-state index is 12.0. The van der Waals surface area contributed by atoms with E-state index in [-0.39, 0.29) is 18.2 Å². The fraction of sp³-hybridized carbons (Fsp3) is 0.917. The molecule has 0 aromatic carbocycles. The second-order valence-electron chi connectivity index (χ2n) is 5.95. The van der Waals surface area contributed by atoms with Gasteiger partial charge in [-0.3, -0.25) is 0 Å². The van der Waals surface area contributed by atoms with Crippen molar-refractivity contribution in [3.05, 3.63) is 0 Å². The van der Waals surface area contributed by atoms with Crippen molar-refractivity contribution in [1.82, 2.24) is 4.90 Å². The molecule has 2 fully saturated rings. The molecule has 2 aliphatic rings. The van der Waals surface area contributed by atoms with Crippen LogP contribution in [0.1, 0.15) is 40.0 Å². The molecule has 1 amide bonds. The third-order valence-corrected chi connectivity index (χ3v) is 3.52. The molecule has 1 saturated heterocycles. The minimum absolute atomic E-state index is 0.139. The van der Waals surface area contributed by atoms with Gasteiger partial charge in [0.1, 0.15) is 5.60 Å². The van der Waals surface area contributed by atoms with Gasteiger partial charge in [0, 0.05) is 12.6 Å². The monoisotopic (exact) mass is 226 g/mol. The van der Waals surface area contributed by atoms with Crippen molar-refractivity contribution in [1.29, 1.82) is 0 Å². The van der Waals surface area contributed by atoms with E-state index in [0.29, 0.717) is 5.92 Å². The molecule has 1 saturated carbocycles. The van der Waals surface area contributed by atoms with E-state index in [9.17, 15) is 4.79 Å². The normalized spacial score (nSPS) is 34.0. The summed E-state index contributed by atoms with van der Waals surface area (Å²) in [6.45, 7) is 6.49. The number of fused-ring (bicyclic) bond motifs is 1. The van der Waals surface area contributed by atoms with Crippen LogP contribution in [0.3, 0.4) is 0 Å². The predicted octanol–water partition coefficient (Wildman–Crippen LogP) is 1.73. The number of amides is 1. The van der Waals surface area contributed by atoms with Crippen LogP contribution in [0.25, 0.3) is 0 Å². The molecule has 0 unspecified atom stereocenters. The molecule has 0 aromatic heterocycles. The lowest BCUT2D eigenvalue weighted by atomic mass is 10.0. The van der Waals surface area contributed by atoms with Crippen molar-refractivity contribution >= 4 is 6.09 Å². The van der Waals surface area contributed by atoms with E-state index in [2.05, 4.69) is 0 Å². The van der Waals surface area contributed by atoms with Crippen molar-refractivity contribution in [2.24, 2.45) is 11.7 Å². The fourth-order valence-electron chi connectivity index (χ4n) is 2.89. The highest BCUT2D eigenvalue weighted by atomic mass is 16.6. The van der Waals surface area contributed by atoms with Crippen LogP contribution in [0.5, 0.6) is 0 Å². The van der Waals surface area contributed by atoms with Gasteiger partial charge >= 0.3 is 6.09 Å². The lowest BCUT2D eigenvalue weighted by Gasteiger charge is -2.30. The zero-order valence-corrected chi connectivity index (χ0v) is 10.4. The Hall–Kier alpha value is -0.770. The van der Waals surface area contributed by atoms with Crippen LogP contribution in [0.2, 0.25) is 0 Å². The first-order valence-corrected chi connectivity index (χ1v) is 6.14. The molecule has 4 heteroatoms. The first kappa shape index (κ1) is 11.7. The first-order chi connectivity index (χ1) is 7.38. The van der Waals surface area contributed by atoms with Gasteiger partial charge in [-0.05, 0) is 46.0 Å². The summed E-state index contributed by atoms with van der Waals surface area (Å²) < 4.78 is 5.41. The van der Waals surface area contributed by atoms with E-state index in [1.54, 1.807) is 0 Å². The molecule has 1 aliphatic heterocycles. The molecular formula is C12H22N2O2. The van der Waals surface area contributed by atoms with E-state index < -0.39 is 5.60 Å². The Morgan fingerprint density at radius 1 is 1.31 bits per heavy atom. The average molecular weight is 226 g/mol. The van der Waals surface area contributed by atoms with Crippen molar-refractivity contribution in [2.45, 2.75) is 57.7 Å². The fourth-order valence-corrected chi connectivity index (χ4v) is 2.89.